The van der Waals surface area contributed by atoms with Gasteiger partial charge in [0.15, 0.2) is 5.96 Å². The number of nitrogens with zero attached hydrogens (tertiary/aromatic N) is 2. The molecule has 0 spiro atoms. The number of hydrogen-bond acceptors (Lipinski definition) is 2. The third-order valence-corrected chi connectivity index (χ3v) is 4.60. The highest BCUT2D eigenvalue weighted by atomic mass is 127. The first-order chi connectivity index (χ1) is 11.5. The second kappa shape index (κ2) is 11.0. The Morgan fingerprint density at radius 2 is 2.04 bits per heavy atom. The van der Waals surface area contributed by atoms with Crippen molar-refractivity contribution in [3.63, 3.8) is 0 Å². The van der Waals surface area contributed by atoms with Crippen LogP contribution in [0.15, 0.2) is 23.2 Å². The highest BCUT2D eigenvalue weighted by Gasteiger charge is 2.32. The number of rotatable bonds is 8. The summed E-state index contributed by atoms with van der Waals surface area (Å²) in [6, 6.07) is 5.51. The van der Waals surface area contributed by atoms with Crippen LogP contribution in [0.1, 0.15) is 30.9 Å². The number of likely N-dealkylation sites (N-methyl/N-ethyl adjacent to an activating group) is 1. The summed E-state index contributed by atoms with van der Waals surface area (Å²) >= 11 is 0. The Morgan fingerprint density at radius 1 is 1.32 bits per heavy atom. The molecule has 25 heavy (non-hydrogen) atoms. The molecule has 142 valence electrons. The monoisotopic (exact) mass is 462 g/mol. The molecule has 0 saturated heterocycles. The Morgan fingerprint density at radius 3 is 2.60 bits per heavy atom. The molecule has 4 nitrogen and oxygen atoms in total. The van der Waals surface area contributed by atoms with Gasteiger partial charge in [0.2, 0.25) is 0 Å². The number of nitrogens with one attached hydrogen (secondary N) is 2. The minimum Gasteiger partial charge on any atom is -0.357 e. The van der Waals surface area contributed by atoms with Crippen LogP contribution in [-0.4, -0.2) is 50.6 Å². The van der Waals surface area contributed by atoms with Crippen LogP contribution in [0.5, 0.6) is 0 Å². The molecule has 1 fully saturated rings. The minimum absolute atomic E-state index is 0. The average molecular weight is 462 g/mol. The summed E-state index contributed by atoms with van der Waals surface area (Å²) in [7, 11) is 4.27. The zero-order valence-electron chi connectivity index (χ0n) is 15.8. The molecule has 2 N–H and O–H groups in total. The fourth-order valence-electron chi connectivity index (χ4n) is 3.00. The maximum atomic E-state index is 13.2. The van der Waals surface area contributed by atoms with Crippen LogP contribution in [0.2, 0.25) is 0 Å². The summed E-state index contributed by atoms with van der Waals surface area (Å²) in [6.07, 6.45) is 3.51. The molecule has 0 amide bonds. The van der Waals surface area contributed by atoms with Gasteiger partial charge in [-0.3, -0.25) is 4.99 Å². The van der Waals surface area contributed by atoms with Gasteiger partial charge in [0.05, 0.1) is 6.54 Å². The smallest absolute Gasteiger partial charge is 0.191 e. The standard InChI is InChI=1S/C19H31FN4.HI/c1-5-21-19(23-13-18(24(3)4)16-6-7-16)22-11-10-15-8-9-17(20)12-14(15)2;/h8-9,12,16,18H,5-7,10-11,13H2,1-4H3,(H2,21,22,23);1H. The Labute approximate surface area is 168 Å². The predicted octanol–water partition coefficient (Wildman–Crippen LogP) is 3.19. The highest BCUT2D eigenvalue weighted by Crippen LogP contribution is 2.34. The van der Waals surface area contributed by atoms with E-state index >= 15 is 0 Å². The summed E-state index contributed by atoms with van der Waals surface area (Å²) in [5.41, 5.74) is 2.17. The van der Waals surface area contributed by atoms with Crippen LogP contribution in [0.4, 0.5) is 4.39 Å². The fraction of sp³-hybridized carbons (Fsp3) is 0.632. The van der Waals surface area contributed by atoms with Crippen molar-refractivity contribution in [3.05, 3.63) is 35.1 Å². The van der Waals surface area contributed by atoms with Gasteiger partial charge in [0.1, 0.15) is 5.82 Å². The van der Waals surface area contributed by atoms with E-state index in [2.05, 4.69) is 36.6 Å². The summed E-state index contributed by atoms with van der Waals surface area (Å²) in [5, 5.41) is 6.70. The molecule has 1 saturated carbocycles. The van der Waals surface area contributed by atoms with Gasteiger partial charge in [0, 0.05) is 19.1 Å². The summed E-state index contributed by atoms with van der Waals surface area (Å²) in [4.78, 5) is 7.04. The van der Waals surface area contributed by atoms with Crippen LogP contribution >= 0.6 is 24.0 Å². The Balaban J connectivity index is 0.00000312. The number of benzene rings is 1. The van der Waals surface area contributed by atoms with Crippen LogP contribution in [-0.2, 0) is 6.42 Å². The van der Waals surface area contributed by atoms with Crippen molar-refractivity contribution in [3.8, 4) is 0 Å². The fourth-order valence-corrected chi connectivity index (χ4v) is 3.00. The van der Waals surface area contributed by atoms with E-state index in [0.29, 0.717) is 6.04 Å². The first-order valence-electron chi connectivity index (χ1n) is 8.95. The van der Waals surface area contributed by atoms with Crippen molar-refractivity contribution in [2.24, 2.45) is 10.9 Å². The van der Waals surface area contributed by atoms with Crippen LogP contribution in [0, 0.1) is 18.7 Å². The highest BCUT2D eigenvalue weighted by molar-refractivity contribution is 14.0. The Hall–Kier alpha value is -0.890. The number of halogens is 2. The molecule has 1 unspecified atom stereocenters. The maximum absolute atomic E-state index is 13.2. The molecule has 1 aromatic carbocycles. The minimum atomic E-state index is -0.172. The van der Waals surface area contributed by atoms with Crippen molar-refractivity contribution in [1.82, 2.24) is 15.5 Å². The topological polar surface area (TPSA) is 39.7 Å². The van der Waals surface area contributed by atoms with E-state index in [0.717, 1.165) is 43.5 Å². The van der Waals surface area contributed by atoms with Crippen molar-refractivity contribution in [2.45, 2.75) is 39.2 Å². The van der Waals surface area contributed by atoms with Crippen LogP contribution in [0.25, 0.3) is 0 Å². The molecule has 1 aliphatic carbocycles. The van der Waals surface area contributed by atoms with Gasteiger partial charge in [0.25, 0.3) is 0 Å². The Bertz CT molecular complexity index is 556. The van der Waals surface area contributed by atoms with E-state index in [1.165, 1.54) is 24.5 Å². The average Bonchev–Trinajstić information content (AvgIpc) is 3.34. The van der Waals surface area contributed by atoms with E-state index < -0.39 is 0 Å². The Kier molecular flexibility index (Phi) is 9.71. The third-order valence-electron chi connectivity index (χ3n) is 4.60. The van der Waals surface area contributed by atoms with Gasteiger partial charge in [-0.1, -0.05) is 6.07 Å². The molecular weight excluding hydrogens is 430 g/mol. The van der Waals surface area contributed by atoms with Gasteiger partial charge in [-0.25, -0.2) is 4.39 Å². The molecule has 0 aromatic heterocycles. The zero-order valence-corrected chi connectivity index (χ0v) is 18.1. The van der Waals surface area contributed by atoms with E-state index in [9.17, 15) is 4.39 Å². The molecule has 1 atom stereocenters. The number of hydrogen-bond donors (Lipinski definition) is 2. The van der Waals surface area contributed by atoms with Gasteiger partial charge < -0.3 is 15.5 Å². The summed E-state index contributed by atoms with van der Waals surface area (Å²) in [5.74, 6) is 1.49. The lowest BCUT2D eigenvalue weighted by molar-refractivity contribution is 0.271. The van der Waals surface area contributed by atoms with Crippen molar-refractivity contribution in [2.75, 3.05) is 33.7 Å². The van der Waals surface area contributed by atoms with Crippen molar-refractivity contribution < 1.29 is 4.39 Å². The molecule has 0 radical (unpaired) electrons. The molecule has 1 aliphatic rings. The van der Waals surface area contributed by atoms with E-state index in [1.54, 1.807) is 6.07 Å². The molecule has 0 bridgehead atoms. The normalized spacial score (nSPS) is 15.7. The molecule has 0 heterocycles. The van der Waals surface area contributed by atoms with Crippen molar-refractivity contribution in [1.29, 1.82) is 0 Å². The zero-order chi connectivity index (χ0) is 17.5. The lowest BCUT2D eigenvalue weighted by Crippen LogP contribution is -2.40. The van der Waals surface area contributed by atoms with E-state index in [4.69, 9.17) is 4.99 Å². The van der Waals surface area contributed by atoms with Gasteiger partial charge in [-0.05, 0) is 76.4 Å². The summed E-state index contributed by atoms with van der Waals surface area (Å²) in [6.45, 7) is 6.48. The largest absolute Gasteiger partial charge is 0.357 e. The van der Waals surface area contributed by atoms with E-state index in [-0.39, 0.29) is 29.8 Å². The van der Waals surface area contributed by atoms with E-state index in [1.807, 2.05) is 13.0 Å². The molecular formula is C19H32FIN4. The molecule has 2 rings (SSSR count). The van der Waals surface area contributed by atoms with Crippen LogP contribution in [0.3, 0.4) is 0 Å². The van der Waals surface area contributed by atoms with Gasteiger partial charge >= 0.3 is 0 Å². The molecule has 1 aromatic rings. The first kappa shape index (κ1) is 22.2. The summed E-state index contributed by atoms with van der Waals surface area (Å²) < 4.78 is 13.2. The first-order valence-corrected chi connectivity index (χ1v) is 8.95. The predicted molar refractivity (Wildman–Crippen MR) is 114 cm³/mol. The SMILES string of the molecule is CCNC(=NCC(C1CC1)N(C)C)NCCc1ccc(F)cc1C.I. The van der Waals surface area contributed by atoms with Gasteiger partial charge in [-0.15, -0.1) is 24.0 Å². The lowest BCUT2D eigenvalue weighted by Gasteiger charge is -2.23. The second-order valence-corrected chi connectivity index (χ2v) is 6.84. The second-order valence-electron chi connectivity index (χ2n) is 6.84. The third kappa shape index (κ3) is 7.48. The molecule has 0 aliphatic heterocycles. The number of aryl methyl sites for hydroxylation is 1. The maximum Gasteiger partial charge on any atom is 0.191 e. The number of aliphatic imine (C=N–C) groups is 1. The molecule has 6 heteroatoms. The van der Waals surface area contributed by atoms with Gasteiger partial charge in [-0.2, -0.15) is 0 Å². The van der Waals surface area contributed by atoms with Crippen molar-refractivity contribution >= 4 is 29.9 Å². The van der Waals surface area contributed by atoms with Crippen LogP contribution < -0.4 is 10.6 Å². The quantitative estimate of drug-likeness (QED) is 0.354. The number of guanidine groups is 1. The lowest BCUT2D eigenvalue weighted by atomic mass is 10.1.